The van der Waals surface area contributed by atoms with Gasteiger partial charge in [-0.2, -0.15) is 0 Å². The van der Waals surface area contributed by atoms with E-state index in [9.17, 15) is 4.39 Å². The van der Waals surface area contributed by atoms with Gasteiger partial charge in [-0.25, -0.2) is 4.39 Å². The molecule has 0 radical (unpaired) electrons. The van der Waals surface area contributed by atoms with Gasteiger partial charge in [0.05, 0.1) is 12.8 Å². The molecule has 0 amide bonds. The van der Waals surface area contributed by atoms with Crippen molar-refractivity contribution >= 4 is 0 Å². The predicted octanol–water partition coefficient (Wildman–Crippen LogP) is 3.88. The van der Waals surface area contributed by atoms with Crippen molar-refractivity contribution in [2.24, 2.45) is 0 Å². The van der Waals surface area contributed by atoms with Crippen LogP contribution in [-0.4, -0.2) is 30.1 Å². The van der Waals surface area contributed by atoms with Crippen LogP contribution in [0.4, 0.5) is 4.39 Å². The number of rotatable bonds is 4. The second-order valence-electron chi connectivity index (χ2n) is 5.73. The van der Waals surface area contributed by atoms with Gasteiger partial charge in [-0.3, -0.25) is 9.88 Å². The summed E-state index contributed by atoms with van der Waals surface area (Å²) < 4.78 is 18.5. The Bertz CT molecular complexity index is 621. The average molecular weight is 300 g/mol. The molecule has 22 heavy (non-hydrogen) atoms. The van der Waals surface area contributed by atoms with Crippen LogP contribution >= 0.6 is 0 Å². The Morgan fingerprint density at radius 2 is 1.95 bits per heavy atom. The number of ether oxygens (including phenoxy) is 1. The molecule has 0 N–H and O–H groups in total. The van der Waals surface area contributed by atoms with E-state index >= 15 is 0 Å². The van der Waals surface area contributed by atoms with Gasteiger partial charge in [0.1, 0.15) is 11.6 Å². The lowest BCUT2D eigenvalue weighted by atomic mass is 10.1. The first kappa shape index (κ1) is 15.0. The van der Waals surface area contributed by atoms with Gasteiger partial charge in [0.2, 0.25) is 0 Å². The summed E-state index contributed by atoms with van der Waals surface area (Å²) in [7, 11) is 1.54. The Hall–Kier alpha value is -1.94. The number of hydrogen-bond acceptors (Lipinski definition) is 3. The summed E-state index contributed by atoms with van der Waals surface area (Å²) in [6.07, 6.45) is 5.83. The maximum atomic E-state index is 13.3. The Kier molecular flexibility index (Phi) is 4.68. The molecular formula is C18H21FN2O. The van der Waals surface area contributed by atoms with Crippen LogP contribution in [0.3, 0.4) is 0 Å². The number of hydrogen-bond donors (Lipinski definition) is 0. The van der Waals surface area contributed by atoms with Crippen LogP contribution in [0, 0.1) is 5.82 Å². The van der Waals surface area contributed by atoms with Gasteiger partial charge in [0, 0.05) is 24.4 Å². The molecule has 0 saturated carbocycles. The molecular weight excluding hydrogens is 279 g/mol. The SMILES string of the molecule is COc1cc(F)ccc1-c1ccc(CN2CCCCC2)cn1. The molecule has 2 heterocycles. The molecule has 1 aromatic heterocycles. The van der Waals surface area contributed by atoms with Crippen LogP contribution in [0.25, 0.3) is 11.3 Å². The van der Waals surface area contributed by atoms with Gasteiger partial charge < -0.3 is 4.74 Å². The third kappa shape index (κ3) is 3.45. The summed E-state index contributed by atoms with van der Waals surface area (Å²) in [4.78, 5) is 6.99. The Balaban J connectivity index is 1.76. The Morgan fingerprint density at radius 1 is 1.14 bits per heavy atom. The van der Waals surface area contributed by atoms with Gasteiger partial charge in [0.15, 0.2) is 0 Å². The smallest absolute Gasteiger partial charge is 0.131 e. The van der Waals surface area contributed by atoms with Crippen LogP contribution in [0.5, 0.6) is 5.75 Å². The van der Waals surface area contributed by atoms with Gasteiger partial charge >= 0.3 is 0 Å². The van der Waals surface area contributed by atoms with E-state index < -0.39 is 0 Å². The number of benzene rings is 1. The van der Waals surface area contributed by atoms with E-state index in [4.69, 9.17) is 4.74 Å². The number of aromatic nitrogens is 1. The summed E-state index contributed by atoms with van der Waals surface area (Å²) >= 11 is 0. The van der Waals surface area contributed by atoms with Crippen LogP contribution in [0.1, 0.15) is 24.8 Å². The molecule has 3 rings (SSSR count). The molecule has 0 aliphatic carbocycles. The number of nitrogens with zero attached hydrogens (tertiary/aromatic N) is 2. The zero-order chi connectivity index (χ0) is 15.4. The molecule has 1 aliphatic heterocycles. The normalized spacial score (nSPS) is 15.7. The summed E-state index contributed by atoms with van der Waals surface area (Å²) in [5, 5.41) is 0. The lowest BCUT2D eigenvalue weighted by Crippen LogP contribution is -2.29. The third-order valence-corrected chi connectivity index (χ3v) is 4.12. The number of piperidine rings is 1. The molecule has 0 unspecified atom stereocenters. The van der Waals surface area contributed by atoms with Crippen molar-refractivity contribution in [1.82, 2.24) is 9.88 Å². The van der Waals surface area contributed by atoms with Gasteiger partial charge in [-0.1, -0.05) is 12.5 Å². The van der Waals surface area contributed by atoms with Crippen molar-refractivity contribution in [3.05, 3.63) is 47.9 Å². The van der Waals surface area contributed by atoms with Crippen molar-refractivity contribution in [3.8, 4) is 17.0 Å². The molecule has 0 spiro atoms. The minimum atomic E-state index is -0.303. The Morgan fingerprint density at radius 3 is 2.64 bits per heavy atom. The first-order valence-electron chi connectivity index (χ1n) is 7.77. The summed E-state index contributed by atoms with van der Waals surface area (Å²) in [6, 6.07) is 8.61. The average Bonchev–Trinajstić information content (AvgIpc) is 2.56. The van der Waals surface area contributed by atoms with E-state index in [0.717, 1.165) is 17.8 Å². The quantitative estimate of drug-likeness (QED) is 0.856. The molecule has 1 aromatic carbocycles. The van der Waals surface area contributed by atoms with E-state index in [2.05, 4.69) is 16.0 Å². The lowest BCUT2D eigenvalue weighted by Gasteiger charge is -2.26. The number of pyridine rings is 1. The van der Waals surface area contributed by atoms with Crippen molar-refractivity contribution in [2.75, 3.05) is 20.2 Å². The van der Waals surface area contributed by atoms with Crippen molar-refractivity contribution in [2.45, 2.75) is 25.8 Å². The van der Waals surface area contributed by atoms with Gasteiger partial charge in [0.25, 0.3) is 0 Å². The second kappa shape index (κ2) is 6.88. The minimum absolute atomic E-state index is 0.303. The largest absolute Gasteiger partial charge is 0.496 e. The van der Waals surface area contributed by atoms with Crippen LogP contribution in [0.2, 0.25) is 0 Å². The van der Waals surface area contributed by atoms with Crippen molar-refractivity contribution in [3.63, 3.8) is 0 Å². The fourth-order valence-corrected chi connectivity index (χ4v) is 2.93. The molecule has 0 bridgehead atoms. The van der Waals surface area contributed by atoms with Crippen molar-refractivity contribution in [1.29, 1.82) is 0 Å². The number of methoxy groups -OCH3 is 1. The first-order chi connectivity index (χ1) is 10.8. The van der Waals surface area contributed by atoms with Gasteiger partial charge in [-0.15, -0.1) is 0 Å². The first-order valence-corrected chi connectivity index (χ1v) is 7.77. The fourth-order valence-electron chi connectivity index (χ4n) is 2.93. The van der Waals surface area contributed by atoms with E-state index in [-0.39, 0.29) is 5.82 Å². The summed E-state index contributed by atoms with van der Waals surface area (Å²) in [5.41, 5.74) is 2.83. The number of halogens is 1. The maximum absolute atomic E-state index is 13.3. The summed E-state index contributed by atoms with van der Waals surface area (Å²) in [5.74, 6) is 0.207. The zero-order valence-electron chi connectivity index (χ0n) is 12.9. The molecule has 2 aromatic rings. The molecule has 4 heteroatoms. The lowest BCUT2D eigenvalue weighted by molar-refractivity contribution is 0.220. The molecule has 1 saturated heterocycles. The van der Waals surface area contributed by atoms with Crippen LogP contribution in [-0.2, 0) is 6.54 Å². The van der Waals surface area contributed by atoms with E-state index in [0.29, 0.717) is 5.75 Å². The second-order valence-corrected chi connectivity index (χ2v) is 5.73. The molecule has 1 fully saturated rings. The highest BCUT2D eigenvalue weighted by Gasteiger charge is 2.12. The highest BCUT2D eigenvalue weighted by atomic mass is 19.1. The maximum Gasteiger partial charge on any atom is 0.131 e. The molecule has 3 nitrogen and oxygen atoms in total. The summed E-state index contributed by atoms with van der Waals surface area (Å²) in [6.45, 7) is 3.30. The van der Waals surface area contributed by atoms with Gasteiger partial charge in [-0.05, 0) is 49.7 Å². The van der Waals surface area contributed by atoms with E-state index in [1.807, 2.05) is 12.3 Å². The highest BCUT2D eigenvalue weighted by molar-refractivity contribution is 5.67. The molecule has 1 aliphatic rings. The third-order valence-electron chi connectivity index (χ3n) is 4.12. The monoisotopic (exact) mass is 300 g/mol. The standard InChI is InChI=1S/C18H21FN2O/c1-22-18-11-15(19)6-7-16(18)17-8-5-14(12-20-17)13-21-9-3-2-4-10-21/h5-8,11-12H,2-4,9-10,13H2,1H3. The van der Waals surface area contributed by atoms with Crippen LogP contribution in [0.15, 0.2) is 36.5 Å². The number of likely N-dealkylation sites (tertiary alicyclic amines) is 1. The Labute approximate surface area is 130 Å². The molecule has 0 atom stereocenters. The topological polar surface area (TPSA) is 25.4 Å². The predicted molar refractivity (Wildman–Crippen MR) is 85.3 cm³/mol. The zero-order valence-corrected chi connectivity index (χ0v) is 12.9. The fraction of sp³-hybridized carbons (Fsp3) is 0.389. The minimum Gasteiger partial charge on any atom is -0.496 e. The molecule has 116 valence electrons. The van der Waals surface area contributed by atoms with E-state index in [1.54, 1.807) is 13.2 Å². The highest BCUT2D eigenvalue weighted by Crippen LogP contribution is 2.29. The van der Waals surface area contributed by atoms with Crippen LogP contribution < -0.4 is 4.74 Å². The van der Waals surface area contributed by atoms with Crippen molar-refractivity contribution < 1.29 is 9.13 Å². The van der Waals surface area contributed by atoms with E-state index in [1.165, 1.54) is 50.0 Å².